The molecule has 1 aromatic carbocycles. The van der Waals surface area contributed by atoms with Gasteiger partial charge in [-0.25, -0.2) is 0 Å². The minimum absolute atomic E-state index is 0. The van der Waals surface area contributed by atoms with E-state index in [1.54, 1.807) is 0 Å². The number of halogens is 1. The Morgan fingerprint density at radius 2 is 1.53 bits per heavy atom. The molecule has 0 unspecified atom stereocenters. The van der Waals surface area contributed by atoms with Crippen molar-refractivity contribution in [2.45, 2.75) is 47.0 Å². The van der Waals surface area contributed by atoms with Crippen molar-refractivity contribution in [3.8, 4) is 0 Å². The summed E-state index contributed by atoms with van der Waals surface area (Å²) in [4.78, 5) is 0. The van der Waals surface area contributed by atoms with Gasteiger partial charge in [-0.1, -0.05) is 41.5 Å². The Morgan fingerprint density at radius 1 is 1.07 bits per heavy atom. The molecule has 0 N–H and O–H groups in total. The Kier molecular flexibility index (Phi) is 7.45. The van der Waals surface area contributed by atoms with E-state index in [9.17, 15) is 0 Å². The van der Waals surface area contributed by atoms with Crippen LogP contribution in [0.25, 0.3) is 0 Å². The van der Waals surface area contributed by atoms with Crippen LogP contribution in [0, 0.1) is 26.8 Å². The summed E-state index contributed by atoms with van der Waals surface area (Å²) in [5, 5.41) is 0. The number of aryl methyl sites for hydroxylation is 2. The van der Waals surface area contributed by atoms with Gasteiger partial charge in [0.15, 0.2) is 0 Å². The molecule has 1 rings (SSSR count). The van der Waals surface area contributed by atoms with Crippen LogP contribution in [0.2, 0.25) is 0 Å². The van der Waals surface area contributed by atoms with Crippen LogP contribution >= 0.6 is 0 Å². The Morgan fingerprint density at radius 3 is 1.87 bits per heavy atom. The zero-order valence-electron chi connectivity index (χ0n) is 10.7. The summed E-state index contributed by atoms with van der Waals surface area (Å²) < 4.78 is 0. The first-order chi connectivity index (χ1) is 5.82. The summed E-state index contributed by atoms with van der Waals surface area (Å²) in [5.74, 6) is 0. The maximum Gasteiger partial charge on any atom is 2.00 e. The molecule has 0 radical (unpaired) electrons. The summed E-state index contributed by atoms with van der Waals surface area (Å²) in [6, 6.07) is 5.71. The molecule has 15 heavy (non-hydrogen) atoms. The molecular formula is C13H19BrMg. The van der Waals surface area contributed by atoms with Crippen molar-refractivity contribution < 1.29 is 17.0 Å². The van der Waals surface area contributed by atoms with Crippen molar-refractivity contribution >= 4 is 23.1 Å². The predicted molar refractivity (Wildman–Crippen MR) is 63.9 cm³/mol. The summed E-state index contributed by atoms with van der Waals surface area (Å²) in [7, 11) is 0. The van der Waals surface area contributed by atoms with Crippen LogP contribution in [-0.2, 0) is 5.41 Å². The molecule has 0 saturated carbocycles. The molecule has 80 valence electrons. The van der Waals surface area contributed by atoms with Crippen molar-refractivity contribution in [3.63, 3.8) is 0 Å². The van der Waals surface area contributed by atoms with E-state index >= 15 is 0 Å². The third kappa shape index (κ3) is 4.45. The van der Waals surface area contributed by atoms with Crippen LogP contribution in [0.5, 0.6) is 0 Å². The third-order valence-corrected chi connectivity index (χ3v) is 2.65. The number of rotatable bonds is 0. The van der Waals surface area contributed by atoms with Crippen LogP contribution in [0.15, 0.2) is 6.07 Å². The fourth-order valence-electron chi connectivity index (χ4n) is 1.36. The SMILES string of the molecule is Cc1[c-]c(C(C)(C)C)cc(C)c1C.[Br-].[Mg+2]. The van der Waals surface area contributed by atoms with E-state index < -0.39 is 0 Å². The molecule has 0 heterocycles. The summed E-state index contributed by atoms with van der Waals surface area (Å²) in [6.07, 6.45) is 0. The molecule has 0 aliphatic heterocycles. The van der Waals surface area contributed by atoms with Crippen LogP contribution in [0.4, 0.5) is 0 Å². The van der Waals surface area contributed by atoms with Crippen molar-refractivity contribution in [2.24, 2.45) is 0 Å². The monoisotopic (exact) mass is 278 g/mol. The largest absolute Gasteiger partial charge is 2.00 e. The molecule has 0 nitrogen and oxygen atoms in total. The molecule has 0 aliphatic carbocycles. The van der Waals surface area contributed by atoms with Gasteiger partial charge >= 0.3 is 23.1 Å². The molecule has 0 atom stereocenters. The van der Waals surface area contributed by atoms with Gasteiger partial charge in [0.25, 0.3) is 0 Å². The molecule has 1 aromatic rings. The number of benzene rings is 1. The van der Waals surface area contributed by atoms with Gasteiger partial charge in [-0.2, -0.15) is 34.4 Å². The minimum atomic E-state index is 0. The van der Waals surface area contributed by atoms with E-state index in [1.807, 2.05) is 0 Å². The molecule has 0 spiro atoms. The van der Waals surface area contributed by atoms with Gasteiger partial charge in [0.05, 0.1) is 0 Å². The van der Waals surface area contributed by atoms with E-state index in [1.165, 1.54) is 22.3 Å². The zero-order valence-corrected chi connectivity index (χ0v) is 13.7. The fraction of sp³-hybridized carbons (Fsp3) is 0.538. The van der Waals surface area contributed by atoms with Gasteiger partial charge in [-0.3, -0.25) is 0 Å². The smallest absolute Gasteiger partial charge is 1.00 e. The topological polar surface area (TPSA) is 0 Å². The van der Waals surface area contributed by atoms with E-state index in [-0.39, 0.29) is 45.4 Å². The quantitative estimate of drug-likeness (QED) is 0.474. The summed E-state index contributed by atoms with van der Waals surface area (Å²) in [5.41, 5.74) is 5.55. The fourth-order valence-corrected chi connectivity index (χ4v) is 1.36. The van der Waals surface area contributed by atoms with Gasteiger partial charge in [0, 0.05) is 0 Å². The Bertz CT molecular complexity index is 301. The first-order valence-corrected chi connectivity index (χ1v) is 4.83. The minimum Gasteiger partial charge on any atom is -1.00 e. The Hall–Kier alpha value is 0.466. The van der Waals surface area contributed by atoms with E-state index in [4.69, 9.17) is 0 Å². The Balaban J connectivity index is 0. The third-order valence-electron chi connectivity index (χ3n) is 2.65. The van der Waals surface area contributed by atoms with Crippen LogP contribution < -0.4 is 17.0 Å². The van der Waals surface area contributed by atoms with Crippen molar-refractivity contribution in [1.29, 1.82) is 0 Å². The Labute approximate surface area is 121 Å². The average molecular weight is 280 g/mol. The normalized spacial score (nSPS) is 10.3. The maximum absolute atomic E-state index is 3.46. The first-order valence-electron chi connectivity index (χ1n) is 4.83. The first kappa shape index (κ1) is 17.8. The van der Waals surface area contributed by atoms with Crippen molar-refractivity contribution in [1.82, 2.24) is 0 Å². The second kappa shape index (κ2) is 6.26. The molecule has 0 fully saturated rings. The standard InChI is InChI=1S/C13H19.BrH.Mg/c1-9-7-12(13(4,5)6)8-10(2)11(9)3;;/h7H,1-6H3;1H;/q-1;;+2/p-1. The molecule has 0 saturated heterocycles. The van der Waals surface area contributed by atoms with Gasteiger partial charge in [0.1, 0.15) is 0 Å². The predicted octanol–water partition coefficient (Wildman–Crippen LogP) is 0.333. The van der Waals surface area contributed by atoms with Gasteiger partial charge in [0.2, 0.25) is 0 Å². The molecule has 0 aromatic heterocycles. The summed E-state index contributed by atoms with van der Waals surface area (Å²) in [6.45, 7) is 13.2. The van der Waals surface area contributed by atoms with E-state index in [0.717, 1.165) is 0 Å². The molecule has 2 heteroatoms. The van der Waals surface area contributed by atoms with Gasteiger partial charge in [-0.15, -0.1) is 0 Å². The van der Waals surface area contributed by atoms with Crippen LogP contribution in [0.3, 0.4) is 0 Å². The molecular weight excluding hydrogens is 260 g/mol. The number of hydrogen-bond donors (Lipinski definition) is 0. The van der Waals surface area contributed by atoms with Crippen LogP contribution in [-0.4, -0.2) is 23.1 Å². The van der Waals surface area contributed by atoms with Gasteiger partial charge < -0.3 is 17.0 Å². The van der Waals surface area contributed by atoms with Crippen molar-refractivity contribution in [3.05, 3.63) is 34.4 Å². The second-order valence-electron chi connectivity index (χ2n) is 4.87. The molecule has 0 bridgehead atoms. The van der Waals surface area contributed by atoms with Gasteiger partial charge in [-0.05, 0) is 5.41 Å². The van der Waals surface area contributed by atoms with Crippen LogP contribution in [0.1, 0.15) is 43.0 Å². The molecule has 0 aliphatic rings. The van der Waals surface area contributed by atoms with E-state index in [0.29, 0.717) is 0 Å². The zero-order chi connectivity index (χ0) is 10.2. The number of hydrogen-bond acceptors (Lipinski definition) is 0. The average Bonchev–Trinajstić information content (AvgIpc) is 1.97. The second-order valence-corrected chi connectivity index (χ2v) is 4.87. The van der Waals surface area contributed by atoms with E-state index in [2.05, 4.69) is 53.7 Å². The van der Waals surface area contributed by atoms with Crippen molar-refractivity contribution in [2.75, 3.05) is 0 Å². The molecule has 0 amide bonds. The summed E-state index contributed by atoms with van der Waals surface area (Å²) >= 11 is 0. The maximum atomic E-state index is 3.46.